The molecule has 1 aromatic heterocycles. The molecule has 20 heavy (non-hydrogen) atoms. The van der Waals surface area contributed by atoms with E-state index in [1.807, 2.05) is 6.07 Å². The van der Waals surface area contributed by atoms with E-state index in [1.165, 1.54) is 12.0 Å². The zero-order valence-electron chi connectivity index (χ0n) is 11.0. The third-order valence-corrected chi connectivity index (χ3v) is 3.30. The maximum Gasteiger partial charge on any atom is 0.389 e. The summed E-state index contributed by atoms with van der Waals surface area (Å²) in [6, 6.07) is 3.58. The number of amides is 1. The Morgan fingerprint density at radius 3 is 2.65 bits per heavy atom. The van der Waals surface area contributed by atoms with Gasteiger partial charge >= 0.3 is 6.18 Å². The molecule has 0 bridgehead atoms. The van der Waals surface area contributed by atoms with Crippen LogP contribution in [0, 0.1) is 0 Å². The molecular formula is C13H15F3N2O2. The lowest BCUT2D eigenvalue weighted by molar-refractivity contribution is -0.151. The normalized spacial score (nSPS) is 15.9. The maximum atomic E-state index is 12.0. The van der Waals surface area contributed by atoms with Crippen LogP contribution in [-0.2, 0) is 4.79 Å². The van der Waals surface area contributed by atoms with Crippen LogP contribution in [0.4, 0.5) is 13.2 Å². The highest BCUT2D eigenvalue weighted by Crippen LogP contribution is 2.29. The fourth-order valence-corrected chi connectivity index (χ4v) is 2.05. The van der Waals surface area contributed by atoms with Gasteiger partial charge in [0.1, 0.15) is 0 Å². The molecule has 7 heteroatoms. The van der Waals surface area contributed by atoms with E-state index in [1.54, 1.807) is 12.3 Å². The van der Waals surface area contributed by atoms with Crippen molar-refractivity contribution in [3.05, 3.63) is 23.9 Å². The number of carbonyl (C=O) groups excluding carboxylic acids is 1. The number of nitrogens with zero attached hydrogens (tertiary/aromatic N) is 2. The second-order valence-electron chi connectivity index (χ2n) is 4.74. The van der Waals surface area contributed by atoms with Crippen LogP contribution >= 0.6 is 0 Å². The van der Waals surface area contributed by atoms with Gasteiger partial charge < -0.3 is 9.64 Å². The molecule has 1 fully saturated rings. The summed E-state index contributed by atoms with van der Waals surface area (Å²) in [6.45, 7) is 0.898. The fourth-order valence-electron chi connectivity index (χ4n) is 2.05. The molecule has 1 amide bonds. The van der Waals surface area contributed by atoms with Gasteiger partial charge in [0.25, 0.3) is 0 Å². The topological polar surface area (TPSA) is 42.4 Å². The molecule has 0 unspecified atom stereocenters. The highest BCUT2D eigenvalue weighted by molar-refractivity contribution is 5.77. The van der Waals surface area contributed by atoms with Gasteiger partial charge in [-0.2, -0.15) is 13.2 Å². The predicted octanol–water partition coefficient (Wildman–Crippen LogP) is 2.36. The van der Waals surface area contributed by atoms with Gasteiger partial charge in [-0.05, 0) is 5.56 Å². The van der Waals surface area contributed by atoms with E-state index >= 15 is 0 Å². The van der Waals surface area contributed by atoms with Crippen molar-refractivity contribution in [2.75, 3.05) is 20.2 Å². The van der Waals surface area contributed by atoms with E-state index in [0.717, 1.165) is 5.56 Å². The summed E-state index contributed by atoms with van der Waals surface area (Å²) in [6.07, 6.45) is -4.14. The monoisotopic (exact) mass is 288 g/mol. The molecule has 0 aromatic carbocycles. The van der Waals surface area contributed by atoms with Crippen molar-refractivity contribution in [3.63, 3.8) is 0 Å². The first-order valence-corrected chi connectivity index (χ1v) is 6.23. The first kappa shape index (κ1) is 14.6. The van der Waals surface area contributed by atoms with Gasteiger partial charge in [0, 0.05) is 37.7 Å². The van der Waals surface area contributed by atoms with Crippen molar-refractivity contribution in [2.45, 2.75) is 24.9 Å². The largest absolute Gasteiger partial charge is 0.481 e. The van der Waals surface area contributed by atoms with Crippen LogP contribution < -0.4 is 4.74 Å². The number of carbonyl (C=O) groups is 1. The lowest BCUT2D eigenvalue weighted by Gasteiger charge is -2.39. The Balaban J connectivity index is 1.80. The number of ether oxygens (including phenoxy) is 1. The second kappa shape index (κ2) is 5.68. The first-order valence-electron chi connectivity index (χ1n) is 6.23. The number of methoxy groups -OCH3 is 1. The zero-order chi connectivity index (χ0) is 14.8. The average Bonchev–Trinajstić information content (AvgIpc) is 2.34. The van der Waals surface area contributed by atoms with Crippen LogP contribution in [0.15, 0.2) is 18.3 Å². The van der Waals surface area contributed by atoms with Crippen LogP contribution in [0.25, 0.3) is 0 Å². The number of halogens is 3. The molecule has 1 aliphatic rings. The van der Waals surface area contributed by atoms with Gasteiger partial charge in [-0.3, -0.25) is 4.79 Å². The summed E-state index contributed by atoms with van der Waals surface area (Å²) in [7, 11) is 1.52. The minimum Gasteiger partial charge on any atom is -0.481 e. The van der Waals surface area contributed by atoms with Gasteiger partial charge in [0.15, 0.2) is 0 Å². The van der Waals surface area contributed by atoms with Crippen molar-refractivity contribution >= 4 is 5.91 Å². The van der Waals surface area contributed by atoms with E-state index in [4.69, 9.17) is 4.74 Å². The zero-order valence-corrected chi connectivity index (χ0v) is 11.0. The highest BCUT2D eigenvalue weighted by atomic mass is 19.4. The van der Waals surface area contributed by atoms with Crippen LogP contribution in [0.1, 0.15) is 24.3 Å². The van der Waals surface area contributed by atoms with Crippen LogP contribution in [0.3, 0.4) is 0 Å². The summed E-state index contributed by atoms with van der Waals surface area (Å²) in [4.78, 5) is 17.0. The number of hydrogen-bond acceptors (Lipinski definition) is 3. The number of likely N-dealkylation sites (tertiary alicyclic amines) is 1. The summed E-state index contributed by atoms with van der Waals surface area (Å²) >= 11 is 0. The lowest BCUT2D eigenvalue weighted by Crippen LogP contribution is -2.48. The molecular weight excluding hydrogens is 273 g/mol. The van der Waals surface area contributed by atoms with Gasteiger partial charge in [0.2, 0.25) is 11.8 Å². The third kappa shape index (κ3) is 3.61. The molecule has 0 radical (unpaired) electrons. The van der Waals surface area contributed by atoms with Crippen molar-refractivity contribution in [3.8, 4) is 5.88 Å². The molecule has 110 valence electrons. The molecule has 0 saturated carbocycles. The van der Waals surface area contributed by atoms with E-state index in [-0.39, 0.29) is 5.92 Å². The predicted molar refractivity (Wildman–Crippen MR) is 65.4 cm³/mol. The number of alkyl halides is 3. The molecule has 1 aromatic rings. The Morgan fingerprint density at radius 1 is 1.45 bits per heavy atom. The molecule has 0 N–H and O–H groups in total. The molecule has 0 aliphatic carbocycles. The Morgan fingerprint density at radius 2 is 2.15 bits per heavy atom. The number of rotatable bonds is 4. The smallest absolute Gasteiger partial charge is 0.389 e. The van der Waals surface area contributed by atoms with E-state index in [0.29, 0.717) is 19.0 Å². The van der Waals surface area contributed by atoms with Gasteiger partial charge in [0.05, 0.1) is 13.5 Å². The average molecular weight is 288 g/mol. The van der Waals surface area contributed by atoms with Crippen molar-refractivity contribution in [2.24, 2.45) is 0 Å². The second-order valence-corrected chi connectivity index (χ2v) is 4.74. The summed E-state index contributed by atoms with van der Waals surface area (Å²) in [5.41, 5.74) is 0.964. The number of aromatic nitrogens is 1. The quantitative estimate of drug-likeness (QED) is 0.854. The summed E-state index contributed by atoms with van der Waals surface area (Å²) < 4.78 is 41.0. The fraction of sp³-hybridized carbons (Fsp3) is 0.538. The Bertz CT molecular complexity index is 467. The minimum absolute atomic E-state index is 0.142. The van der Waals surface area contributed by atoms with Gasteiger partial charge in [-0.1, -0.05) is 6.07 Å². The Kier molecular flexibility index (Phi) is 4.15. The van der Waals surface area contributed by atoms with Crippen LogP contribution in [-0.4, -0.2) is 42.2 Å². The Labute approximate surface area is 114 Å². The molecule has 0 spiro atoms. The van der Waals surface area contributed by atoms with Crippen molar-refractivity contribution < 1.29 is 22.7 Å². The molecule has 1 saturated heterocycles. The summed E-state index contributed by atoms with van der Waals surface area (Å²) in [5, 5.41) is 0. The van der Waals surface area contributed by atoms with E-state index < -0.39 is 24.9 Å². The Hall–Kier alpha value is -1.79. The van der Waals surface area contributed by atoms with Crippen LogP contribution in [0.5, 0.6) is 5.88 Å². The number of pyridine rings is 1. The molecule has 0 atom stereocenters. The highest BCUT2D eigenvalue weighted by Gasteiger charge is 2.34. The standard InChI is InChI=1S/C13H15F3N2O2/c1-20-11-3-2-9(6-17-11)10-7-18(8-10)12(19)4-5-13(14,15)16/h2-3,6,10H,4-5,7-8H2,1H3. The SMILES string of the molecule is COc1ccc(C2CN(C(=O)CCC(F)(F)F)C2)cn1. The van der Waals surface area contributed by atoms with Gasteiger partial charge in [-0.25, -0.2) is 4.98 Å². The maximum absolute atomic E-state index is 12.0. The minimum atomic E-state index is -4.28. The first-order chi connectivity index (χ1) is 9.39. The summed E-state index contributed by atoms with van der Waals surface area (Å²) in [5.74, 6) is 0.203. The number of hydrogen-bond donors (Lipinski definition) is 0. The van der Waals surface area contributed by atoms with Gasteiger partial charge in [-0.15, -0.1) is 0 Å². The van der Waals surface area contributed by atoms with Crippen molar-refractivity contribution in [1.82, 2.24) is 9.88 Å². The third-order valence-electron chi connectivity index (χ3n) is 3.30. The molecule has 4 nitrogen and oxygen atoms in total. The van der Waals surface area contributed by atoms with Crippen molar-refractivity contribution in [1.29, 1.82) is 0 Å². The molecule has 2 rings (SSSR count). The molecule has 2 heterocycles. The van der Waals surface area contributed by atoms with E-state index in [9.17, 15) is 18.0 Å². The van der Waals surface area contributed by atoms with E-state index in [2.05, 4.69) is 4.98 Å². The lowest BCUT2D eigenvalue weighted by atomic mass is 9.92. The van der Waals surface area contributed by atoms with Crippen LogP contribution in [0.2, 0.25) is 0 Å². The molecule has 1 aliphatic heterocycles.